The van der Waals surface area contributed by atoms with Crippen molar-refractivity contribution in [3.8, 4) is 0 Å². The fourth-order valence-corrected chi connectivity index (χ4v) is 5.26. The fourth-order valence-electron chi connectivity index (χ4n) is 5.26. The van der Waals surface area contributed by atoms with Gasteiger partial charge in [0.1, 0.15) is 5.82 Å². The molecule has 0 amide bonds. The van der Waals surface area contributed by atoms with Gasteiger partial charge in [-0.2, -0.15) is 10.1 Å². The van der Waals surface area contributed by atoms with E-state index in [-0.39, 0.29) is 0 Å². The monoisotopic (exact) mass is 380 g/mol. The molecule has 2 aromatic rings. The number of piperidine rings is 1. The van der Waals surface area contributed by atoms with Crippen molar-refractivity contribution >= 4 is 11.8 Å². The molecule has 7 nitrogen and oxygen atoms in total. The van der Waals surface area contributed by atoms with Gasteiger partial charge in [-0.3, -0.25) is 4.68 Å². The molecule has 2 aliphatic heterocycles. The zero-order chi connectivity index (χ0) is 18.7. The van der Waals surface area contributed by atoms with Crippen LogP contribution in [-0.2, 0) is 31.4 Å². The molecular formula is C21H28N6O. The van der Waals surface area contributed by atoms with E-state index in [0.717, 1.165) is 55.1 Å². The van der Waals surface area contributed by atoms with Gasteiger partial charge in [0.15, 0.2) is 0 Å². The van der Waals surface area contributed by atoms with Gasteiger partial charge in [-0.25, -0.2) is 4.98 Å². The van der Waals surface area contributed by atoms with Crippen molar-refractivity contribution in [3.05, 3.63) is 28.7 Å². The van der Waals surface area contributed by atoms with Crippen LogP contribution in [0.1, 0.15) is 60.5 Å². The lowest BCUT2D eigenvalue weighted by atomic mass is 10.1. The lowest BCUT2D eigenvalue weighted by Gasteiger charge is -2.29. The van der Waals surface area contributed by atoms with Gasteiger partial charge in [0.05, 0.1) is 37.3 Å². The third kappa shape index (κ3) is 2.79. The number of hydrogen-bond donors (Lipinski definition) is 1. The molecule has 4 aliphatic rings. The molecule has 2 atom stereocenters. The first-order valence-electron chi connectivity index (χ1n) is 10.7. The van der Waals surface area contributed by atoms with Gasteiger partial charge in [-0.1, -0.05) is 0 Å². The zero-order valence-corrected chi connectivity index (χ0v) is 16.5. The molecule has 3 fully saturated rings. The normalized spacial score (nSPS) is 26.0. The van der Waals surface area contributed by atoms with Crippen LogP contribution in [0.25, 0.3) is 0 Å². The van der Waals surface area contributed by atoms with Gasteiger partial charge in [-0.15, -0.1) is 0 Å². The van der Waals surface area contributed by atoms with E-state index in [0.29, 0.717) is 18.6 Å². The van der Waals surface area contributed by atoms with Crippen molar-refractivity contribution in [1.82, 2.24) is 19.7 Å². The second-order valence-corrected chi connectivity index (χ2v) is 8.88. The maximum absolute atomic E-state index is 5.73. The minimum atomic E-state index is 0.602. The van der Waals surface area contributed by atoms with Crippen LogP contribution in [0, 0.1) is 5.92 Å². The molecule has 2 aliphatic carbocycles. The Hall–Kier alpha value is -2.15. The summed E-state index contributed by atoms with van der Waals surface area (Å²) in [6.07, 6.45) is 9.46. The van der Waals surface area contributed by atoms with E-state index in [1.807, 2.05) is 17.9 Å². The zero-order valence-electron chi connectivity index (χ0n) is 16.5. The van der Waals surface area contributed by atoms with Crippen LogP contribution in [0.3, 0.4) is 0 Å². The summed E-state index contributed by atoms with van der Waals surface area (Å²) in [7, 11) is 2.04. The third-order valence-corrected chi connectivity index (χ3v) is 7.01. The lowest BCUT2D eigenvalue weighted by Crippen LogP contribution is -2.34. The molecule has 148 valence electrons. The number of hydrogen-bond acceptors (Lipinski definition) is 6. The van der Waals surface area contributed by atoms with Crippen molar-refractivity contribution in [2.75, 3.05) is 23.4 Å². The van der Waals surface area contributed by atoms with Gasteiger partial charge in [0, 0.05) is 31.6 Å². The van der Waals surface area contributed by atoms with Crippen molar-refractivity contribution < 1.29 is 4.74 Å². The molecule has 0 spiro atoms. The number of rotatable bonds is 5. The molecule has 7 heteroatoms. The number of ether oxygens (including phenoxy) is 1. The Kier molecular flexibility index (Phi) is 3.86. The highest BCUT2D eigenvalue weighted by atomic mass is 16.5. The van der Waals surface area contributed by atoms with Crippen LogP contribution < -0.4 is 10.2 Å². The number of aryl methyl sites for hydroxylation is 1. The minimum absolute atomic E-state index is 0.602. The Morgan fingerprint density at radius 2 is 2.14 bits per heavy atom. The molecule has 6 rings (SSSR count). The Balaban J connectivity index is 1.31. The highest BCUT2D eigenvalue weighted by Crippen LogP contribution is 2.42. The molecule has 1 N–H and O–H groups in total. The van der Waals surface area contributed by atoms with Crippen LogP contribution in [0.2, 0.25) is 0 Å². The standard InChI is InChI=1S/C21H28N6O/c1-26-19(16(9-23-26)14-3-4-14)10-22-20-17-12-28-7-6-18(17)24-21(25-20)27-11-13-2-5-15(27)8-13/h9,13-15H,2-8,10-12H2,1H3,(H,22,24,25). The summed E-state index contributed by atoms with van der Waals surface area (Å²) in [5, 5.41) is 8.12. The largest absolute Gasteiger partial charge is 0.376 e. The van der Waals surface area contributed by atoms with Gasteiger partial charge in [0.25, 0.3) is 0 Å². The summed E-state index contributed by atoms with van der Waals surface area (Å²) in [5.41, 5.74) is 4.96. The SMILES string of the molecule is Cn1ncc(C2CC2)c1CNc1nc(N2CC3CCC2C3)nc2c1COCC2. The molecule has 2 bridgehead atoms. The van der Waals surface area contributed by atoms with E-state index in [9.17, 15) is 0 Å². The second-order valence-electron chi connectivity index (χ2n) is 8.88. The third-order valence-electron chi connectivity index (χ3n) is 7.01. The van der Waals surface area contributed by atoms with Crippen LogP contribution in [0.15, 0.2) is 6.20 Å². The van der Waals surface area contributed by atoms with E-state index in [1.54, 1.807) is 0 Å². The second kappa shape index (κ2) is 6.44. The number of fused-ring (bicyclic) bond motifs is 3. The molecule has 1 saturated heterocycles. The van der Waals surface area contributed by atoms with Crippen molar-refractivity contribution in [1.29, 1.82) is 0 Å². The smallest absolute Gasteiger partial charge is 0.227 e. The van der Waals surface area contributed by atoms with E-state index in [4.69, 9.17) is 14.7 Å². The summed E-state index contributed by atoms with van der Waals surface area (Å²) in [6.45, 7) is 3.22. The number of nitrogens with one attached hydrogen (secondary N) is 1. The number of aromatic nitrogens is 4. The Bertz CT molecular complexity index is 905. The van der Waals surface area contributed by atoms with Gasteiger partial charge < -0.3 is 15.0 Å². The Labute approximate surface area is 165 Å². The van der Waals surface area contributed by atoms with E-state index >= 15 is 0 Å². The van der Waals surface area contributed by atoms with E-state index < -0.39 is 0 Å². The molecule has 28 heavy (non-hydrogen) atoms. The predicted molar refractivity (Wildman–Crippen MR) is 106 cm³/mol. The van der Waals surface area contributed by atoms with Crippen molar-refractivity contribution in [2.24, 2.45) is 13.0 Å². The summed E-state index contributed by atoms with van der Waals surface area (Å²) >= 11 is 0. The number of nitrogens with zero attached hydrogens (tertiary/aromatic N) is 5. The maximum Gasteiger partial charge on any atom is 0.227 e. The molecule has 2 saturated carbocycles. The van der Waals surface area contributed by atoms with Crippen molar-refractivity contribution in [3.63, 3.8) is 0 Å². The minimum Gasteiger partial charge on any atom is -0.376 e. The van der Waals surface area contributed by atoms with Crippen LogP contribution >= 0.6 is 0 Å². The van der Waals surface area contributed by atoms with Crippen molar-refractivity contribution in [2.45, 2.75) is 63.6 Å². The molecule has 0 radical (unpaired) electrons. The molecule has 4 heterocycles. The highest BCUT2D eigenvalue weighted by molar-refractivity contribution is 5.53. The Morgan fingerprint density at radius 1 is 1.21 bits per heavy atom. The average Bonchev–Trinajstić information content (AvgIpc) is 3.16. The topological polar surface area (TPSA) is 68.1 Å². The summed E-state index contributed by atoms with van der Waals surface area (Å²) in [4.78, 5) is 12.4. The van der Waals surface area contributed by atoms with Gasteiger partial charge in [0.2, 0.25) is 5.95 Å². The van der Waals surface area contributed by atoms with Gasteiger partial charge >= 0.3 is 0 Å². The van der Waals surface area contributed by atoms with E-state index in [1.165, 1.54) is 43.4 Å². The van der Waals surface area contributed by atoms with Crippen LogP contribution in [0.5, 0.6) is 0 Å². The summed E-state index contributed by atoms with van der Waals surface area (Å²) < 4.78 is 7.74. The fraction of sp³-hybridized carbons (Fsp3) is 0.667. The highest BCUT2D eigenvalue weighted by Gasteiger charge is 2.39. The first-order chi connectivity index (χ1) is 13.8. The molecular weight excluding hydrogens is 352 g/mol. The summed E-state index contributed by atoms with van der Waals surface area (Å²) in [6, 6.07) is 0.634. The average molecular weight is 380 g/mol. The van der Waals surface area contributed by atoms with E-state index in [2.05, 4.69) is 15.3 Å². The van der Waals surface area contributed by atoms with Gasteiger partial charge in [-0.05, 0) is 49.5 Å². The first-order valence-corrected chi connectivity index (χ1v) is 10.7. The molecule has 2 aromatic heterocycles. The lowest BCUT2D eigenvalue weighted by molar-refractivity contribution is 0.109. The molecule has 2 unspecified atom stereocenters. The maximum atomic E-state index is 5.73. The molecule has 0 aromatic carbocycles. The Morgan fingerprint density at radius 3 is 2.93 bits per heavy atom. The summed E-state index contributed by atoms with van der Waals surface area (Å²) in [5.74, 6) is 3.40. The quantitative estimate of drug-likeness (QED) is 0.860. The van der Waals surface area contributed by atoms with Crippen LogP contribution in [-0.4, -0.2) is 38.9 Å². The predicted octanol–water partition coefficient (Wildman–Crippen LogP) is 2.76. The first kappa shape index (κ1) is 16.8. The van der Waals surface area contributed by atoms with Crippen LogP contribution in [0.4, 0.5) is 11.8 Å². The number of anilines is 2.